The molecule has 0 spiro atoms. The smallest absolute Gasteiger partial charge is 0.148 e. The zero-order valence-corrected chi connectivity index (χ0v) is 12.7. The Morgan fingerprint density at radius 1 is 1.35 bits per heavy atom. The van der Waals surface area contributed by atoms with Crippen molar-refractivity contribution in [2.45, 2.75) is 57.7 Å². The van der Waals surface area contributed by atoms with Gasteiger partial charge in [-0.1, -0.05) is 0 Å². The van der Waals surface area contributed by atoms with Crippen LogP contribution < -0.4 is 16.0 Å². The average molecular weight is 279 g/mol. The first-order valence-electron chi connectivity index (χ1n) is 7.52. The largest absolute Gasteiger partial charge is 0.382 e. The van der Waals surface area contributed by atoms with Crippen LogP contribution in [0, 0.1) is 5.82 Å². The maximum absolute atomic E-state index is 14.2. The minimum absolute atomic E-state index is 0.175. The van der Waals surface area contributed by atoms with Crippen molar-refractivity contribution < 1.29 is 4.39 Å². The van der Waals surface area contributed by atoms with Crippen LogP contribution in [0.5, 0.6) is 0 Å². The molecule has 2 unspecified atom stereocenters. The van der Waals surface area contributed by atoms with E-state index in [4.69, 9.17) is 5.73 Å². The van der Waals surface area contributed by atoms with Gasteiger partial charge in [0.05, 0.1) is 5.69 Å². The highest BCUT2D eigenvalue weighted by molar-refractivity contribution is 5.56. The zero-order valence-electron chi connectivity index (χ0n) is 12.7. The quantitative estimate of drug-likeness (QED) is 0.888. The van der Waals surface area contributed by atoms with E-state index in [0.717, 1.165) is 31.4 Å². The molecule has 2 rings (SSSR count). The van der Waals surface area contributed by atoms with E-state index in [-0.39, 0.29) is 17.9 Å². The summed E-state index contributed by atoms with van der Waals surface area (Å²) in [6.07, 6.45) is 4.33. The second kappa shape index (κ2) is 6.44. The Kier molecular flexibility index (Phi) is 4.86. The van der Waals surface area contributed by atoms with Crippen molar-refractivity contribution in [3.05, 3.63) is 24.0 Å². The lowest BCUT2D eigenvalue weighted by Crippen LogP contribution is -2.34. The molecule has 1 aliphatic carbocycles. The SMILES string of the molecule is CC(C)N(C)c1ccc(NC2CCCC(N)C2)cc1F. The fraction of sp³-hybridized carbons (Fsp3) is 0.625. The van der Waals surface area contributed by atoms with Gasteiger partial charge >= 0.3 is 0 Å². The summed E-state index contributed by atoms with van der Waals surface area (Å²) in [4.78, 5) is 1.94. The lowest BCUT2D eigenvalue weighted by atomic mass is 9.91. The van der Waals surface area contributed by atoms with E-state index in [2.05, 4.69) is 19.2 Å². The summed E-state index contributed by atoms with van der Waals surface area (Å²) in [6, 6.07) is 6.32. The second-order valence-corrected chi connectivity index (χ2v) is 6.14. The van der Waals surface area contributed by atoms with Crippen LogP contribution in [0.15, 0.2) is 18.2 Å². The number of nitrogens with one attached hydrogen (secondary N) is 1. The van der Waals surface area contributed by atoms with Crippen LogP contribution in [0.1, 0.15) is 39.5 Å². The van der Waals surface area contributed by atoms with Gasteiger partial charge < -0.3 is 16.0 Å². The molecular weight excluding hydrogens is 253 g/mol. The summed E-state index contributed by atoms with van der Waals surface area (Å²) in [7, 11) is 1.91. The van der Waals surface area contributed by atoms with Gasteiger partial charge in [-0.3, -0.25) is 0 Å². The Morgan fingerprint density at radius 3 is 2.70 bits per heavy atom. The molecule has 0 aliphatic heterocycles. The van der Waals surface area contributed by atoms with E-state index in [1.807, 2.05) is 24.1 Å². The molecule has 20 heavy (non-hydrogen) atoms. The van der Waals surface area contributed by atoms with Crippen LogP contribution in [0.2, 0.25) is 0 Å². The summed E-state index contributed by atoms with van der Waals surface area (Å²) in [5.41, 5.74) is 7.48. The minimum Gasteiger partial charge on any atom is -0.382 e. The highest BCUT2D eigenvalue weighted by Crippen LogP contribution is 2.26. The standard InChI is InChI=1S/C16H26FN3/c1-11(2)20(3)16-8-7-14(10-15(16)17)19-13-6-4-5-12(18)9-13/h7-8,10-13,19H,4-6,9,18H2,1-3H3. The van der Waals surface area contributed by atoms with Crippen molar-refractivity contribution in [3.8, 4) is 0 Å². The van der Waals surface area contributed by atoms with Crippen LogP contribution in [0.4, 0.5) is 15.8 Å². The van der Waals surface area contributed by atoms with Gasteiger partial charge in [-0.25, -0.2) is 4.39 Å². The van der Waals surface area contributed by atoms with E-state index < -0.39 is 0 Å². The van der Waals surface area contributed by atoms with Crippen LogP contribution in [-0.2, 0) is 0 Å². The van der Waals surface area contributed by atoms with Gasteiger partial charge in [-0.2, -0.15) is 0 Å². The Bertz CT molecular complexity index is 447. The van der Waals surface area contributed by atoms with Crippen molar-refractivity contribution in [2.75, 3.05) is 17.3 Å². The summed E-state index contributed by atoms with van der Waals surface area (Å²) in [6.45, 7) is 4.10. The van der Waals surface area contributed by atoms with Crippen LogP contribution in [0.3, 0.4) is 0 Å². The average Bonchev–Trinajstić information content (AvgIpc) is 2.38. The molecule has 1 aliphatic rings. The molecule has 112 valence electrons. The number of nitrogens with two attached hydrogens (primary N) is 1. The van der Waals surface area contributed by atoms with E-state index >= 15 is 0 Å². The first-order chi connectivity index (χ1) is 9.47. The molecule has 1 aromatic rings. The van der Waals surface area contributed by atoms with Crippen LogP contribution in [-0.4, -0.2) is 25.2 Å². The molecule has 0 heterocycles. The molecule has 0 saturated heterocycles. The van der Waals surface area contributed by atoms with Crippen molar-refractivity contribution in [1.82, 2.24) is 0 Å². The number of nitrogens with zero attached hydrogens (tertiary/aromatic N) is 1. The fourth-order valence-corrected chi connectivity index (χ4v) is 2.76. The molecule has 1 fully saturated rings. The Hall–Kier alpha value is -1.29. The van der Waals surface area contributed by atoms with Crippen molar-refractivity contribution in [2.24, 2.45) is 5.73 Å². The third-order valence-electron chi connectivity index (χ3n) is 4.19. The van der Waals surface area contributed by atoms with Crippen molar-refractivity contribution >= 4 is 11.4 Å². The van der Waals surface area contributed by atoms with E-state index in [9.17, 15) is 4.39 Å². The third-order valence-corrected chi connectivity index (χ3v) is 4.19. The number of rotatable bonds is 4. The summed E-state index contributed by atoms with van der Waals surface area (Å²) < 4.78 is 14.2. The molecular formula is C16H26FN3. The number of anilines is 2. The van der Waals surface area contributed by atoms with Crippen molar-refractivity contribution in [3.63, 3.8) is 0 Å². The summed E-state index contributed by atoms with van der Waals surface area (Å²) in [5.74, 6) is -0.175. The monoisotopic (exact) mass is 279 g/mol. The number of benzene rings is 1. The van der Waals surface area contributed by atoms with Gasteiger partial charge in [-0.05, 0) is 57.7 Å². The Morgan fingerprint density at radius 2 is 2.10 bits per heavy atom. The Labute approximate surface area is 121 Å². The van der Waals surface area contributed by atoms with Crippen LogP contribution >= 0.6 is 0 Å². The predicted molar refractivity (Wildman–Crippen MR) is 83.8 cm³/mol. The molecule has 1 aromatic carbocycles. The molecule has 3 N–H and O–H groups in total. The number of halogens is 1. The molecule has 0 aromatic heterocycles. The maximum atomic E-state index is 14.2. The van der Waals surface area contributed by atoms with E-state index in [1.54, 1.807) is 6.07 Å². The zero-order chi connectivity index (χ0) is 14.7. The predicted octanol–water partition coefficient (Wildman–Crippen LogP) is 3.35. The second-order valence-electron chi connectivity index (χ2n) is 6.14. The van der Waals surface area contributed by atoms with Gasteiger partial charge in [0, 0.05) is 30.9 Å². The topological polar surface area (TPSA) is 41.3 Å². The van der Waals surface area contributed by atoms with Crippen LogP contribution in [0.25, 0.3) is 0 Å². The molecule has 0 amide bonds. The van der Waals surface area contributed by atoms with E-state index in [1.165, 1.54) is 0 Å². The number of hydrogen-bond donors (Lipinski definition) is 2. The molecule has 2 atom stereocenters. The van der Waals surface area contributed by atoms with Gasteiger partial charge in [0.1, 0.15) is 5.82 Å². The minimum atomic E-state index is -0.175. The fourth-order valence-electron chi connectivity index (χ4n) is 2.76. The highest BCUT2D eigenvalue weighted by atomic mass is 19.1. The molecule has 0 radical (unpaired) electrons. The third kappa shape index (κ3) is 3.63. The van der Waals surface area contributed by atoms with E-state index in [0.29, 0.717) is 11.7 Å². The van der Waals surface area contributed by atoms with Gasteiger partial charge in [0.2, 0.25) is 0 Å². The normalized spacial score (nSPS) is 22.9. The highest BCUT2D eigenvalue weighted by Gasteiger charge is 2.19. The lowest BCUT2D eigenvalue weighted by molar-refractivity contribution is 0.409. The molecule has 1 saturated carbocycles. The molecule has 3 nitrogen and oxygen atoms in total. The molecule has 4 heteroatoms. The first kappa shape index (κ1) is 15.1. The molecule has 0 bridgehead atoms. The van der Waals surface area contributed by atoms with Crippen molar-refractivity contribution in [1.29, 1.82) is 0 Å². The summed E-state index contributed by atoms with van der Waals surface area (Å²) >= 11 is 0. The Balaban J connectivity index is 2.05. The first-order valence-corrected chi connectivity index (χ1v) is 7.52. The van der Waals surface area contributed by atoms with Gasteiger partial charge in [-0.15, -0.1) is 0 Å². The van der Waals surface area contributed by atoms with Gasteiger partial charge in [0.25, 0.3) is 0 Å². The maximum Gasteiger partial charge on any atom is 0.148 e. The lowest BCUT2D eigenvalue weighted by Gasteiger charge is -2.29. The van der Waals surface area contributed by atoms with Gasteiger partial charge in [0.15, 0.2) is 0 Å². The number of hydrogen-bond acceptors (Lipinski definition) is 3. The summed E-state index contributed by atoms with van der Waals surface area (Å²) in [5, 5.41) is 3.41.